The summed E-state index contributed by atoms with van der Waals surface area (Å²) in [4.78, 5) is 11.9. The summed E-state index contributed by atoms with van der Waals surface area (Å²) in [5, 5.41) is 0. The molecule has 2 rings (SSSR count). The van der Waals surface area contributed by atoms with Crippen LogP contribution in [-0.4, -0.2) is 26.4 Å². The number of alkyl halides is 1. The molecule has 0 N–H and O–H groups in total. The quantitative estimate of drug-likeness (QED) is 0.766. The molecule has 0 heterocycles. The second kappa shape index (κ2) is 6.74. The van der Waals surface area contributed by atoms with Gasteiger partial charge in [0, 0.05) is 5.56 Å². The maximum atomic E-state index is 13.9. The van der Waals surface area contributed by atoms with Gasteiger partial charge in [-0.1, -0.05) is 0 Å². The van der Waals surface area contributed by atoms with Gasteiger partial charge in [0.15, 0.2) is 0 Å². The van der Waals surface area contributed by atoms with Crippen molar-refractivity contribution in [2.45, 2.75) is 6.36 Å². The fourth-order valence-electron chi connectivity index (χ4n) is 1.71. The van der Waals surface area contributed by atoms with Gasteiger partial charge >= 0.3 is 6.36 Å². The summed E-state index contributed by atoms with van der Waals surface area (Å²) >= 11 is 0. The zero-order valence-corrected chi connectivity index (χ0v) is 11.7. The Balaban J connectivity index is 2.03. The van der Waals surface area contributed by atoms with Crippen LogP contribution in [0.4, 0.5) is 4.39 Å². The molecule has 0 aliphatic carbocycles. The number of ether oxygens (including phenoxy) is 3. The molecule has 0 saturated carbocycles. The van der Waals surface area contributed by atoms with E-state index in [0.29, 0.717) is 11.5 Å². The van der Waals surface area contributed by atoms with Gasteiger partial charge in [-0.3, -0.25) is 4.79 Å². The van der Waals surface area contributed by atoms with E-state index in [0.717, 1.165) is 0 Å². The fraction of sp³-hybridized carbons (Fsp3) is 0.188. The van der Waals surface area contributed by atoms with Crippen LogP contribution < -0.4 is 14.2 Å². The molecule has 21 heavy (non-hydrogen) atoms. The van der Waals surface area contributed by atoms with Gasteiger partial charge in [-0.25, -0.2) is 0 Å². The number of carbonyl (C=O) groups is 1. The molecule has 0 radical (unpaired) electrons. The van der Waals surface area contributed by atoms with Crippen molar-refractivity contribution in [1.82, 2.24) is 0 Å². The minimum absolute atomic E-state index is 0.219. The Labute approximate surface area is 122 Å². The predicted octanol–water partition coefficient (Wildman–Crippen LogP) is 3.26. The van der Waals surface area contributed by atoms with Crippen LogP contribution in [0.5, 0.6) is 17.2 Å². The first kappa shape index (κ1) is 14.8. The average molecular weight is 290 g/mol. The number of rotatable bonds is 6. The van der Waals surface area contributed by atoms with Crippen molar-refractivity contribution in [2.24, 2.45) is 0 Å². The van der Waals surface area contributed by atoms with Gasteiger partial charge in [0.1, 0.15) is 17.2 Å². The molecule has 5 heteroatoms. The summed E-state index contributed by atoms with van der Waals surface area (Å²) in [6, 6.07) is 12.5. The first-order valence-electron chi connectivity index (χ1n) is 6.27. The summed E-state index contributed by atoms with van der Waals surface area (Å²) in [5.74, 6) is 0.732. The first-order valence-corrected chi connectivity index (χ1v) is 6.27. The van der Waals surface area contributed by atoms with Crippen LogP contribution in [0.15, 0.2) is 48.5 Å². The van der Waals surface area contributed by atoms with E-state index >= 15 is 0 Å². The number of hydrogen-bond donors (Lipinski definition) is 0. The monoisotopic (exact) mass is 290 g/mol. The highest BCUT2D eigenvalue weighted by Crippen LogP contribution is 2.20. The number of Topliss-reactive ketones (excluding diaryl/α,β-unsaturated/α-hetero) is 1. The van der Waals surface area contributed by atoms with Crippen molar-refractivity contribution in [1.29, 1.82) is 0 Å². The van der Waals surface area contributed by atoms with Crippen molar-refractivity contribution in [3.8, 4) is 17.2 Å². The van der Waals surface area contributed by atoms with Crippen LogP contribution in [0.3, 0.4) is 0 Å². The zero-order chi connectivity index (χ0) is 15.2. The van der Waals surface area contributed by atoms with Crippen molar-refractivity contribution in [3.63, 3.8) is 0 Å². The van der Waals surface area contributed by atoms with Gasteiger partial charge in [0.2, 0.25) is 5.78 Å². The Bertz CT molecular complexity index is 593. The van der Waals surface area contributed by atoms with Crippen molar-refractivity contribution in [2.75, 3.05) is 14.2 Å². The van der Waals surface area contributed by atoms with Gasteiger partial charge in [0.25, 0.3) is 0 Å². The SMILES string of the molecule is COc1ccc(OC(F)C(=O)c2ccc(OC)cc2)cc1. The molecule has 0 fully saturated rings. The van der Waals surface area contributed by atoms with E-state index in [9.17, 15) is 9.18 Å². The van der Waals surface area contributed by atoms with Crippen LogP contribution >= 0.6 is 0 Å². The molecule has 0 aliphatic heterocycles. The minimum atomic E-state index is -2.06. The smallest absolute Gasteiger partial charge is 0.301 e. The molecule has 2 aromatic carbocycles. The molecule has 0 aromatic heterocycles. The Morgan fingerprint density at radius 1 is 0.857 bits per heavy atom. The van der Waals surface area contributed by atoms with Gasteiger partial charge < -0.3 is 14.2 Å². The Morgan fingerprint density at radius 2 is 1.29 bits per heavy atom. The Kier molecular flexibility index (Phi) is 4.77. The Hall–Kier alpha value is -2.56. The van der Waals surface area contributed by atoms with E-state index in [1.165, 1.54) is 38.5 Å². The molecule has 0 amide bonds. The average Bonchev–Trinajstić information content (AvgIpc) is 2.55. The largest absolute Gasteiger partial charge is 0.497 e. The lowest BCUT2D eigenvalue weighted by molar-refractivity contribution is 0.0451. The number of benzene rings is 2. The molecule has 0 bridgehead atoms. The molecular formula is C16H15FO4. The van der Waals surface area contributed by atoms with E-state index in [-0.39, 0.29) is 11.3 Å². The predicted molar refractivity (Wildman–Crippen MR) is 75.8 cm³/mol. The maximum absolute atomic E-state index is 13.9. The second-order valence-corrected chi connectivity index (χ2v) is 4.20. The molecular weight excluding hydrogens is 275 g/mol. The molecule has 0 aliphatic rings. The molecule has 2 aromatic rings. The summed E-state index contributed by atoms with van der Waals surface area (Å²) in [6.07, 6.45) is -2.06. The number of hydrogen-bond acceptors (Lipinski definition) is 4. The van der Waals surface area contributed by atoms with E-state index in [4.69, 9.17) is 14.2 Å². The van der Waals surface area contributed by atoms with E-state index in [2.05, 4.69) is 0 Å². The number of methoxy groups -OCH3 is 2. The topological polar surface area (TPSA) is 44.8 Å². The third-order valence-electron chi connectivity index (χ3n) is 2.88. The first-order chi connectivity index (χ1) is 10.1. The van der Waals surface area contributed by atoms with Crippen LogP contribution in [0.1, 0.15) is 10.4 Å². The van der Waals surface area contributed by atoms with Crippen LogP contribution in [0, 0.1) is 0 Å². The lowest BCUT2D eigenvalue weighted by Gasteiger charge is -2.11. The minimum Gasteiger partial charge on any atom is -0.497 e. The maximum Gasteiger partial charge on any atom is 0.301 e. The van der Waals surface area contributed by atoms with Crippen molar-refractivity contribution in [3.05, 3.63) is 54.1 Å². The lowest BCUT2D eigenvalue weighted by atomic mass is 10.1. The molecule has 110 valence electrons. The highest BCUT2D eigenvalue weighted by Gasteiger charge is 2.21. The third-order valence-corrected chi connectivity index (χ3v) is 2.88. The van der Waals surface area contributed by atoms with E-state index in [1.807, 2.05) is 0 Å². The van der Waals surface area contributed by atoms with Gasteiger partial charge in [0.05, 0.1) is 14.2 Å². The molecule has 1 unspecified atom stereocenters. The summed E-state index contributed by atoms with van der Waals surface area (Å²) in [7, 11) is 3.04. The van der Waals surface area contributed by atoms with Crippen LogP contribution in [0.25, 0.3) is 0 Å². The van der Waals surface area contributed by atoms with E-state index < -0.39 is 12.1 Å². The van der Waals surface area contributed by atoms with Crippen LogP contribution in [-0.2, 0) is 0 Å². The lowest BCUT2D eigenvalue weighted by Crippen LogP contribution is -2.22. The number of ketones is 1. The number of carbonyl (C=O) groups excluding carboxylic acids is 1. The van der Waals surface area contributed by atoms with Gasteiger partial charge in [-0.15, -0.1) is 0 Å². The third kappa shape index (κ3) is 3.72. The summed E-state index contributed by atoms with van der Waals surface area (Å²) < 4.78 is 28.8. The van der Waals surface area contributed by atoms with Crippen molar-refractivity contribution < 1.29 is 23.4 Å². The Morgan fingerprint density at radius 3 is 1.76 bits per heavy atom. The van der Waals surface area contributed by atoms with E-state index in [1.54, 1.807) is 24.3 Å². The molecule has 4 nitrogen and oxygen atoms in total. The molecule has 1 atom stereocenters. The highest BCUT2D eigenvalue weighted by molar-refractivity contribution is 5.98. The zero-order valence-electron chi connectivity index (χ0n) is 11.7. The summed E-state index contributed by atoms with van der Waals surface area (Å²) in [6.45, 7) is 0. The van der Waals surface area contributed by atoms with Crippen LogP contribution in [0.2, 0.25) is 0 Å². The standard InChI is InChI=1S/C16H15FO4/c1-19-12-5-3-11(4-6-12)15(18)16(17)21-14-9-7-13(20-2)8-10-14/h3-10,16H,1-2H3. The fourth-order valence-corrected chi connectivity index (χ4v) is 1.71. The van der Waals surface area contributed by atoms with Gasteiger partial charge in [-0.2, -0.15) is 4.39 Å². The highest BCUT2D eigenvalue weighted by atomic mass is 19.1. The van der Waals surface area contributed by atoms with Crippen molar-refractivity contribution >= 4 is 5.78 Å². The normalized spacial score (nSPS) is 11.6. The molecule has 0 spiro atoms. The molecule has 0 saturated heterocycles. The number of halogens is 1. The van der Waals surface area contributed by atoms with Gasteiger partial charge in [-0.05, 0) is 48.5 Å². The second-order valence-electron chi connectivity index (χ2n) is 4.20. The summed E-state index contributed by atoms with van der Waals surface area (Å²) in [5.41, 5.74) is 0.219.